The molecule has 0 spiro atoms. The summed E-state index contributed by atoms with van der Waals surface area (Å²) < 4.78 is 0. The molecule has 1 aliphatic heterocycles. The Bertz CT molecular complexity index is 532. The topological polar surface area (TPSA) is 96.5 Å². The van der Waals surface area contributed by atoms with Gasteiger partial charge in [0.2, 0.25) is 0 Å². The van der Waals surface area contributed by atoms with Gasteiger partial charge in [-0.05, 0) is 31.4 Å². The van der Waals surface area contributed by atoms with Crippen LogP contribution in [0.5, 0.6) is 0 Å². The minimum absolute atomic E-state index is 0.199. The Hall–Kier alpha value is -2.11. The van der Waals surface area contributed by atoms with Crippen LogP contribution < -0.4 is 5.73 Å². The predicted molar refractivity (Wildman–Crippen MR) is 74.1 cm³/mol. The third kappa shape index (κ3) is 2.45. The van der Waals surface area contributed by atoms with Crippen molar-refractivity contribution in [1.82, 2.24) is 9.88 Å². The number of amides is 1. The largest absolute Gasteiger partial charge is 0.481 e. The summed E-state index contributed by atoms with van der Waals surface area (Å²) in [6, 6.07) is 3.28. The highest BCUT2D eigenvalue weighted by atomic mass is 16.4. The quantitative estimate of drug-likeness (QED) is 0.870. The van der Waals surface area contributed by atoms with Gasteiger partial charge in [0.15, 0.2) is 5.69 Å². The number of piperidine rings is 1. The molecule has 1 saturated heterocycles. The van der Waals surface area contributed by atoms with Crippen LogP contribution in [0.3, 0.4) is 0 Å². The summed E-state index contributed by atoms with van der Waals surface area (Å²) >= 11 is 0. The van der Waals surface area contributed by atoms with Gasteiger partial charge in [-0.1, -0.05) is 6.92 Å². The first kappa shape index (κ1) is 14.3. The van der Waals surface area contributed by atoms with Crippen molar-refractivity contribution in [2.75, 3.05) is 18.8 Å². The SMILES string of the molecule is CCC1(C(=O)O)CCCN(C(=O)c2ncccc2N)C1. The molecule has 108 valence electrons. The van der Waals surface area contributed by atoms with Crippen LogP contribution >= 0.6 is 0 Å². The van der Waals surface area contributed by atoms with Crippen LogP contribution in [0.2, 0.25) is 0 Å². The number of nitrogen functional groups attached to an aromatic ring is 1. The molecule has 1 unspecified atom stereocenters. The number of carbonyl (C=O) groups excluding carboxylic acids is 1. The first-order valence-corrected chi connectivity index (χ1v) is 6.73. The smallest absolute Gasteiger partial charge is 0.311 e. The standard InChI is InChI=1S/C14H19N3O3/c1-2-14(13(19)20)6-4-8-17(9-14)12(18)11-10(15)5-3-7-16-11/h3,5,7H,2,4,6,8-9,15H2,1H3,(H,19,20). The van der Waals surface area contributed by atoms with Crippen molar-refractivity contribution >= 4 is 17.6 Å². The summed E-state index contributed by atoms with van der Waals surface area (Å²) in [5.74, 6) is -1.13. The van der Waals surface area contributed by atoms with Gasteiger partial charge in [-0.2, -0.15) is 0 Å². The lowest BCUT2D eigenvalue weighted by Crippen LogP contribution is -2.49. The van der Waals surface area contributed by atoms with Crippen molar-refractivity contribution in [3.05, 3.63) is 24.0 Å². The van der Waals surface area contributed by atoms with E-state index in [0.29, 0.717) is 31.5 Å². The Morgan fingerprint density at radius 3 is 2.90 bits per heavy atom. The van der Waals surface area contributed by atoms with Crippen molar-refractivity contribution in [3.63, 3.8) is 0 Å². The lowest BCUT2D eigenvalue weighted by molar-refractivity contribution is -0.152. The lowest BCUT2D eigenvalue weighted by Gasteiger charge is -2.39. The van der Waals surface area contributed by atoms with Gasteiger partial charge in [0.05, 0.1) is 11.1 Å². The molecule has 1 fully saturated rings. The van der Waals surface area contributed by atoms with Crippen molar-refractivity contribution in [3.8, 4) is 0 Å². The Morgan fingerprint density at radius 1 is 1.55 bits per heavy atom. The van der Waals surface area contributed by atoms with E-state index in [-0.39, 0.29) is 18.1 Å². The molecule has 0 bridgehead atoms. The van der Waals surface area contributed by atoms with E-state index in [1.807, 2.05) is 6.92 Å². The number of nitrogens with zero attached hydrogens (tertiary/aromatic N) is 2. The van der Waals surface area contributed by atoms with Crippen molar-refractivity contribution in [2.24, 2.45) is 5.41 Å². The summed E-state index contributed by atoms with van der Waals surface area (Å²) in [5.41, 5.74) is 5.43. The number of pyridine rings is 1. The fourth-order valence-electron chi connectivity index (χ4n) is 2.67. The van der Waals surface area contributed by atoms with Crippen LogP contribution in [0, 0.1) is 5.41 Å². The second-order valence-electron chi connectivity index (χ2n) is 5.21. The number of carboxylic acid groups (broad SMARTS) is 1. The van der Waals surface area contributed by atoms with E-state index in [2.05, 4.69) is 4.98 Å². The molecular weight excluding hydrogens is 258 g/mol. The molecule has 0 radical (unpaired) electrons. The Labute approximate surface area is 117 Å². The number of rotatable bonds is 3. The number of aromatic nitrogens is 1. The zero-order valence-corrected chi connectivity index (χ0v) is 11.5. The first-order valence-electron chi connectivity index (χ1n) is 6.73. The molecule has 1 aromatic heterocycles. The maximum Gasteiger partial charge on any atom is 0.311 e. The molecule has 3 N–H and O–H groups in total. The van der Waals surface area contributed by atoms with Gasteiger partial charge in [-0.25, -0.2) is 4.98 Å². The van der Waals surface area contributed by atoms with Crippen molar-refractivity contribution in [1.29, 1.82) is 0 Å². The van der Waals surface area contributed by atoms with Gasteiger partial charge >= 0.3 is 5.97 Å². The van der Waals surface area contributed by atoms with Crippen LogP contribution in [0.25, 0.3) is 0 Å². The predicted octanol–water partition coefficient (Wildman–Crippen LogP) is 1.38. The molecule has 1 amide bonds. The second kappa shape index (κ2) is 5.48. The number of carboxylic acids is 1. The molecule has 0 aliphatic carbocycles. The molecule has 6 heteroatoms. The maximum atomic E-state index is 12.4. The highest BCUT2D eigenvalue weighted by molar-refractivity contribution is 5.97. The van der Waals surface area contributed by atoms with E-state index >= 15 is 0 Å². The zero-order chi connectivity index (χ0) is 14.8. The molecule has 1 aliphatic rings. The van der Waals surface area contributed by atoms with Gasteiger partial charge in [0.25, 0.3) is 5.91 Å². The Balaban J connectivity index is 2.23. The van der Waals surface area contributed by atoms with Crippen LogP contribution in [-0.2, 0) is 4.79 Å². The number of hydrogen-bond acceptors (Lipinski definition) is 4. The third-order valence-electron chi connectivity index (χ3n) is 4.04. The number of hydrogen-bond donors (Lipinski definition) is 2. The highest BCUT2D eigenvalue weighted by Crippen LogP contribution is 2.34. The fourth-order valence-corrected chi connectivity index (χ4v) is 2.67. The maximum absolute atomic E-state index is 12.4. The number of nitrogens with two attached hydrogens (primary N) is 1. The van der Waals surface area contributed by atoms with E-state index < -0.39 is 11.4 Å². The van der Waals surface area contributed by atoms with Gasteiger partial charge in [-0.15, -0.1) is 0 Å². The fraction of sp³-hybridized carbons (Fsp3) is 0.500. The number of carbonyl (C=O) groups is 2. The van der Waals surface area contributed by atoms with E-state index in [9.17, 15) is 14.7 Å². The van der Waals surface area contributed by atoms with Crippen LogP contribution in [0.15, 0.2) is 18.3 Å². The van der Waals surface area contributed by atoms with Crippen LogP contribution in [0.1, 0.15) is 36.7 Å². The van der Waals surface area contributed by atoms with Crippen LogP contribution in [-0.4, -0.2) is 40.0 Å². The van der Waals surface area contributed by atoms with E-state index in [1.165, 1.54) is 6.20 Å². The summed E-state index contributed by atoms with van der Waals surface area (Å²) in [5, 5.41) is 9.44. The zero-order valence-electron chi connectivity index (χ0n) is 11.5. The molecule has 20 heavy (non-hydrogen) atoms. The van der Waals surface area contributed by atoms with E-state index in [1.54, 1.807) is 17.0 Å². The monoisotopic (exact) mass is 277 g/mol. The molecule has 1 aromatic rings. The minimum Gasteiger partial charge on any atom is -0.481 e. The van der Waals surface area contributed by atoms with Gasteiger partial charge in [-0.3, -0.25) is 9.59 Å². The van der Waals surface area contributed by atoms with Crippen molar-refractivity contribution in [2.45, 2.75) is 26.2 Å². The molecule has 2 rings (SSSR count). The van der Waals surface area contributed by atoms with E-state index in [0.717, 1.165) is 0 Å². The summed E-state index contributed by atoms with van der Waals surface area (Å²) in [4.78, 5) is 29.5. The minimum atomic E-state index is -0.850. The summed E-state index contributed by atoms with van der Waals surface area (Å²) in [7, 11) is 0. The van der Waals surface area contributed by atoms with Gasteiger partial charge in [0.1, 0.15) is 0 Å². The molecule has 0 saturated carbocycles. The third-order valence-corrected chi connectivity index (χ3v) is 4.04. The normalized spacial score (nSPS) is 22.6. The number of likely N-dealkylation sites (tertiary alicyclic amines) is 1. The number of aliphatic carboxylic acids is 1. The molecule has 0 aromatic carbocycles. The van der Waals surface area contributed by atoms with E-state index in [4.69, 9.17) is 5.73 Å². The second-order valence-corrected chi connectivity index (χ2v) is 5.21. The Kier molecular flexibility index (Phi) is 3.92. The first-order chi connectivity index (χ1) is 9.50. The number of anilines is 1. The van der Waals surface area contributed by atoms with Gasteiger partial charge < -0.3 is 15.7 Å². The molecule has 6 nitrogen and oxygen atoms in total. The summed E-state index contributed by atoms with van der Waals surface area (Å²) in [6.07, 6.45) is 3.29. The average Bonchev–Trinajstić information content (AvgIpc) is 2.47. The Morgan fingerprint density at radius 2 is 2.30 bits per heavy atom. The van der Waals surface area contributed by atoms with Gasteiger partial charge in [0, 0.05) is 19.3 Å². The molecule has 1 atom stereocenters. The average molecular weight is 277 g/mol. The summed E-state index contributed by atoms with van der Waals surface area (Å²) in [6.45, 7) is 2.61. The van der Waals surface area contributed by atoms with Crippen LogP contribution in [0.4, 0.5) is 5.69 Å². The molecular formula is C14H19N3O3. The highest BCUT2D eigenvalue weighted by Gasteiger charge is 2.42. The lowest BCUT2D eigenvalue weighted by atomic mass is 9.77. The van der Waals surface area contributed by atoms with Crippen molar-refractivity contribution < 1.29 is 14.7 Å². The molecule has 2 heterocycles.